The number of carbonyl (C=O) groups is 2. The number of aryl methyl sites for hydroxylation is 1. The van der Waals surface area contributed by atoms with Crippen molar-refractivity contribution in [3.63, 3.8) is 0 Å². The molecule has 2 heterocycles. The number of amides is 1. The molecule has 0 saturated heterocycles. The lowest BCUT2D eigenvalue weighted by atomic mass is 10.0. The molecule has 118 valence electrons. The first-order valence-corrected chi connectivity index (χ1v) is 7.60. The summed E-state index contributed by atoms with van der Waals surface area (Å²) in [7, 11) is 0. The Kier molecular flexibility index (Phi) is 3.23. The number of fused-ring (bicyclic) bond motifs is 2. The molecule has 0 unspecified atom stereocenters. The summed E-state index contributed by atoms with van der Waals surface area (Å²) >= 11 is 0. The third kappa shape index (κ3) is 2.38. The molecule has 2 aromatic heterocycles. The number of nitrogens with zero attached hydrogens (tertiary/aromatic N) is 2. The third-order valence-corrected chi connectivity index (χ3v) is 4.16. The van der Waals surface area contributed by atoms with Crippen LogP contribution in [0.25, 0.3) is 28.5 Å². The van der Waals surface area contributed by atoms with Gasteiger partial charge in [0.25, 0.3) is 0 Å². The maximum Gasteiger partial charge on any atom is 0.241 e. The van der Waals surface area contributed by atoms with Gasteiger partial charge in [-0.2, -0.15) is 0 Å². The molecule has 1 amide bonds. The fourth-order valence-corrected chi connectivity index (χ4v) is 2.96. The van der Waals surface area contributed by atoms with Gasteiger partial charge in [-0.05, 0) is 24.1 Å². The highest BCUT2D eigenvalue weighted by Gasteiger charge is 2.20. The molecule has 6 heteroatoms. The Morgan fingerprint density at radius 3 is 3.00 bits per heavy atom. The van der Waals surface area contributed by atoms with E-state index in [1.54, 1.807) is 18.5 Å². The Bertz CT molecular complexity index is 1020. The zero-order valence-electron chi connectivity index (χ0n) is 12.7. The van der Waals surface area contributed by atoms with Crippen LogP contribution in [0.5, 0.6) is 0 Å². The van der Waals surface area contributed by atoms with Crippen LogP contribution >= 0.6 is 0 Å². The Morgan fingerprint density at radius 1 is 1.29 bits per heavy atom. The molecule has 0 saturated carbocycles. The summed E-state index contributed by atoms with van der Waals surface area (Å²) < 4.78 is 0. The van der Waals surface area contributed by atoms with Gasteiger partial charge in [-0.1, -0.05) is 12.1 Å². The van der Waals surface area contributed by atoms with Crippen LogP contribution < -0.4 is 5.73 Å². The van der Waals surface area contributed by atoms with Crippen LogP contribution in [0.2, 0.25) is 0 Å². The van der Waals surface area contributed by atoms with Gasteiger partial charge in [0, 0.05) is 35.4 Å². The molecule has 0 radical (unpaired) electrons. The van der Waals surface area contributed by atoms with Gasteiger partial charge in [0.2, 0.25) is 5.91 Å². The highest BCUT2D eigenvalue weighted by atomic mass is 16.1. The minimum atomic E-state index is -0.517. The number of rotatable bonds is 3. The SMILES string of the molecule is NC(=O)/C=C/c1c[nH]c2ncc(-c3ccc4c(c3)CCC4=O)nc12. The number of nitrogens with two attached hydrogens (primary N) is 1. The first kappa shape index (κ1) is 14.3. The number of carbonyl (C=O) groups excluding carboxylic acids is 2. The molecule has 1 aromatic carbocycles. The van der Waals surface area contributed by atoms with Crippen molar-refractivity contribution in [2.75, 3.05) is 0 Å². The number of hydrogen-bond acceptors (Lipinski definition) is 4. The average Bonchev–Trinajstić information content (AvgIpc) is 3.16. The molecule has 6 nitrogen and oxygen atoms in total. The van der Waals surface area contributed by atoms with Crippen molar-refractivity contribution in [2.45, 2.75) is 12.8 Å². The maximum absolute atomic E-state index is 11.7. The van der Waals surface area contributed by atoms with Crippen molar-refractivity contribution in [1.29, 1.82) is 0 Å². The van der Waals surface area contributed by atoms with Crippen molar-refractivity contribution in [3.8, 4) is 11.3 Å². The molecular formula is C18H14N4O2. The van der Waals surface area contributed by atoms with Gasteiger partial charge in [0.05, 0.1) is 11.9 Å². The van der Waals surface area contributed by atoms with Crippen LogP contribution in [0.3, 0.4) is 0 Å². The van der Waals surface area contributed by atoms with Crippen molar-refractivity contribution < 1.29 is 9.59 Å². The van der Waals surface area contributed by atoms with Gasteiger partial charge >= 0.3 is 0 Å². The summed E-state index contributed by atoms with van der Waals surface area (Å²) in [6.07, 6.45) is 7.67. The van der Waals surface area contributed by atoms with Crippen molar-refractivity contribution in [3.05, 3.63) is 53.4 Å². The fourth-order valence-electron chi connectivity index (χ4n) is 2.96. The van der Waals surface area contributed by atoms with E-state index < -0.39 is 5.91 Å². The quantitative estimate of drug-likeness (QED) is 0.723. The number of nitrogens with one attached hydrogen (secondary N) is 1. The van der Waals surface area contributed by atoms with Gasteiger partial charge in [0.15, 0.2) is 11.4 Å². The molecule has 3 N–H and O–H groups in total. The van der Waals surface area contributed by atoms with Crippen LogP contribution in [0, 0.1) is 0 Å². The highest BCUT2D eigenvalue weighted by molar-refractivity contribution is 6.01. The van der Waals surface area contributed by atoms with E-state index in [0.717, 1.165) is 34.4 Å². The number of benzene rings is 1. The molecule has 0 fully saturated rings. The van der Waals surface area contributed by atoms with Crippen LogP contribution in [-0.2, 0) is 11.2 Å². The van der Waals surface area contributed by atoms with Gasteiger partial charge in [0.1, 0.15) is 5.52 Å². The summed E-state index contributed by atoms with van der Waals surface area (Å²) in [5, 5.41) is 0. The molecule has 3 aromatic rings. The lowest BCUT2D eigenvalue weighted by Crippen LogP contribution is -2.05. The topological polar surface area (TPSA) is 102 Å². The minimum Gasteiger partial charge on any atom is -0.366 e. The second-order valence-corrected chi connectivity index (χ2v) is 5.73. The second kappa shape index (κ2) is 5.42. The molecule has 1 aliphatic carbocycles. The predicted molar refractivity (Wildman–Crippen MR) is 90.2 cm³/mol. The molecule has 4 rings (SSSR count). The molecule has 1 aliphatic rings. The minimum absolute atomic E-state index is 0.197. The zero-order chi connectivity index (χ0) is 16.7. The number of hydrogen-bond donors (Lipinski definition) is 2. The van der Waals surface area contributed by atoms with Gasteiger partial charge in [-0.3, -0.25) is 9.59 Å². The standard InChI is InChI=1S/C18H14N4O2/c19-16(24)6-3-12-8-20-18-17(12)22-14(9-21-18)11-1-4-13-10(7-11)2-5-15(13)23/h1,3-4,6-9H,2,5H2,(H2,19,24)(H,20,21)/b6-3+. The normalized spacial score (nSPS) is 13.8. The monoisotopic (exact) mass is 318 g/mol. The number of aromatic nitrogens is 3. The Labute approximate surface area is 137 Å². The lowest BCUT2D eigenvalue weighted by Gasteiger charge is -2.04. The van der Waals surface area contributed by atoms with Crippen LogP contribution in [0.4, 0.5) is 0 Å². The summed E-state index contributed by atoms with van der Waals surface area (Å²) in [5.41, 5.74) is 10.7. The van der Waals surface area contributed by atoms with Crippen molar-refractivity contribution in [1.82, 2.24) is 15.0 Å². The van der Waals surface area contributed by atoms with E-state index in [4.69, 9.17) is 5.73 Å². The summed E-state index contributed by atoms with van der Waals surface area (Å²) in [6.45, 7) is 0. The molecule has 0 spiro atoms. The predicted octanol–water partition coefficient (Wildman–Crippen LogP) is 2.25. The Morgan fingerprint density at radius 2 is 2.17 bits per heavy atom. The number of H-pyrrole nitrogens is 1. The number of aromatic amines is 1. The van der Waals surface area contributed by atoms with Gasteiger partial charge in [-0.25, -0.2) is 9.97 Å². The summed E-state index contributed by atoms with van der Waals surface area (Å²) in [6, 6.07) is 5.75. The Balaban J connectivity index is 1.79. The second-order valence-electron chi connectivity index (χ2n) is 5.73. The summed E-state index contributed by atoms with van der Waals surface area (Å²) in [4.78, 5) is 34.7. The van der Waals surface area contributed by atoms with Gasteiger partial charge < -0.3 is 10.7 Å². The van der Waals surface area contributed by atoms with E-state index >= 15 is 0 Å². The smallest absolute Gasteiger partial charge is 0.241 e. The number of Topliss-reactive ketones (excluding diaryl/α,β-unsaturated/α-hetero) is 1. The van der Waals surface area contributed by atoms with E-state index in [2.05, 4.69) is 15.0 Å². The van der Waals surface area contributed by atoms with Crippen molar-refractivity contribution in [2.24, 2.45) is 5.73 Å². The van der Waals surface area contributed by atoms with E-state index in [1.807, 2.05) is 18.2 Å². The van der Waals surface area contributed by atoms with Crippen molar-refractivity contribution >= 4 is 28.9 Å². The average molecular weight is 318 g/mol. The van der Waals surface area contributed by atoms with E-state index in [0.29, 0.717) is 17.6 Å². The van der Waals surface area contributed by atoms with Crippen LogP contribution in [0.15, 0.2) is 36.7 Å². The lowest BCUT2D eigenvalue weighted by molar-refractivity contribution is -0.113. The van der Waals surface area contributed by atoms with E-state index in [9.17, 15) is 9.59 Å². The molecule has 0 aliphatic heterocycles. The van der Waals surface area contributed by atoms with Gasteiger partial charge in [-0.15, -0.1) is 0 Å². The molecule has 0 atom stereocenters. The number of primary amides is 1. The van der Waals surface area contributed by atoms with Crippen LogP contribution in [0.1, 0.15) is 27.9 Å². The fraction of sp³-hybridized carbons (Fsp3) is 0.111. The molecule has 24 heavy (non-hydrogen) atoms. The van der Waals surface area contributed by atoms with E-state index in [-0.39, 0.29) is 5.78 Å². The number of ketones is 1. The molecule has 0 bridgehead atoms. The first-order chi connectivity index (χ1) is 11.6. The first-order valence-electron chi connectivity index (χ1n) is 7.60. The third-order valence-electron chi connectivity index (χ3n) is 4.16. The van der Waals surface area contributed by atoms with Crippen LogP contribution in [-0.4, -0.2) is 26.6 Å². The van der Waals surface area contributed by atoms with E-state index in [1.165, 1.54) is 6.08 Å². The molecular weight excluding hydrogens is 304 g/mol. The summed E-state index contributed by atoms with van der Waals surface area (Å²) in [5.74, 6) is -0.320. The maximum atomic E-state index is 11.7. The highest BCUT2D eigenvalue weighted by Crippen LogP contribution is 2.28. The largest absolute Gasteiger partial charge is 0.366 e. The Hall–Kier alpha value is -3.28. The zero-order valence-corrected chi connectivity index (χ0v) is 12.7.